The Hall–Kier alpha value is -2.29. The number of carboxylic acids is 1. The van der Waals surface area contributed by atoms with Crippen LogP contribution in [0.2, 0.25) is 0 Å². The van der Waals surface area contributed by atoms with Gasteiger partial charge < -0.3 is 15.4 Å². The van der Waals surface area contributed by atoms with Crippen molar-refractivity contribution in [3.8, 4) is 0 Å². The molecule has 9 heteroatoms. The van der Waals surface area contributed by atoms with Gasteiger partial charge in [-0.15, -0.1) is 5.10 Å². The van der Waals surface area contributed by atoms with Crippen molar-refractivity contribution in [2.24, 2.45) is 5.73 Å². The lowest BCUT2D eigenvalue weighted by molar-refractivity contribution is 0.0689. The number of carbonyl (C=O) groups is 1. The zero-order chi connectivity index (χ0) is 13.1. The molecule has 2 aromatic heterocycles. The molecular weight excluding hydrogens is 240 g/mol. The minimum absolute atomic E-state index is 0.0210. The van der Waals surface area contributed by atoms with Crippen LogP contribution in [0.1, 0.15) is 34.8 Å². The van der Waals surface area contributed by atoms with Gasteiger partial charge in [0.25, 0.3) is 0 Å². The Morgan fingerprint density at radius 2 is 2.33 bits per heavy atom. The molecule has 9 nitrogen and oxygen atoms in total. The molecule has 0 fully saturated rings. The van der Waals surface area contributed by atoms with Crippen LogP contribution in [-0.4, -0.2) is 36.2 Å². The number of rotatable bonds is 5. The number of carboxylic acid groups (broad SMARTS) is 1. The number of aromatic carboxylic acids is 1. The van der Waals surface area contributed by atoms with Crippen LogP contribution in [0.25, 0.3) is 0 Å². The van der Waals surface area contributed by atoms with E-state index in [9.17, 15) is 4.79 Å². The molecule has 0 saturated carbocycles. The lowest BCUT2D eigenvalue weighted by Crippen LogP contribution is -2.13. The number of hydrogen-bond donors (Lipinski definition) is 2. The van der Waals surface area contributed by atoms with Crippen molar-refractivity contribution in [2.75, 3.05) is 0 Å². The normalized spacial score (nSPS) is 10.8. The van der Waals surface area contributed by atoms with E-state index in [0.29, 0.717) is 23.8 Å². The van der Waals surface area contributed by atoms with Gasteiger partial charge in [0.05, 0.1) is 5.69 Å². The van der Waals surface area contributed by atoms with Crippen molar-refractivity contribution in [3.63, 3.8) is 0 Å². The van der Waals surface area contributed by atoms with Crippen molar-refractivity contribution in [3.05, 3.63) is 23.1 Å². The molecule has 0 atom stereocenters. The van der Waals surface area contributed by atoms with E-state index in [0.717, 1.165) is 0 Å². The molecule has 0 unspecified atom stereocenters. The third-order valence-corrected chi connectivity index (χ3v) is 2.34. The van der Waals surface area contributed by atoms with Crippen molar-refractivity contribution in [1.82, 2.24) is 25.1 Å². The van der Waals surface area contributed by atoms with Gasteiger partial charge in [-0.1, -0.05) is 17.3 Å². The summed E-state index contributed by atoms with van der Waals surface area (Å²) in [5.41, 5.74) is 5.66. The number of aryl methyl sites for hydroxylation is 1. The zero-order valence-corrected chi connectivity index (χ0v) is 9.70. The molecule has 0 radical (unpaired) electrons. The van der Waals surface area contributed by atoms with Crippen LogP contribution in [0.4, 0.5) is 0 Å². The summed E-state index contributed by atoms with van der Waals surface area (Å²) in [4.78, 5) is 15.0. The molecule has 0 saturated heterocycles. The largest absolute Gasteiger partial charge is 0.476 e. The van der Waals surface area contributed by atoms with Gasteiger partial charge in [-0.25, -0.2) is 9.48 Å². The first-order chi connectivity index (χ1) is 8.65. The third-order valence-electron chi connectivity index (χ3n) is 2.34. The van der Waals surface area contributed by atoms with E-state index >= 15 is 0 Å². The van der Waals surface area contributed by atoms with Crippen molar-refractivity contribution in [1.29, 1.82) is 0 Å². The second-order valence-corrected chi connectivity index (χ2v) is 3.51. The van der Waals surface area contributed by atoms with Gasteiger partial charge in [0.15, 0.2) is 11.5 Å². The molecule has 18 heavy (non-hydrogen) atoms. The van der Waals surface area contributed by atoms with E-state index in [1.807, 2.05) is 6.92 Å². The smallest absolute Gasteiger partial charge is 0.358 e. The Bertz CT molecular complexity index is 560. The highest BCUT2D eigenvalue weighted by molar-refractivity contribution is 5.86. The standard InChI is InChI=1S/C9H12N6O3/c1-2-7-11-6(13-18-7)4-15-5(3-10)8(9(16)17)12-14-15/h2-4,10H2,1H3,(H,16,17). The van der Waals surface area contributed by atoms with Crippen LogP contribution >= 0.6 is 0 Å². The molecule has 2 aromatic rings. The summed E-state index contributed by atoms with van der Waals surface area (Å²) in [5.74, 6) is -0.245. The van der Waals surface area contributed by atoms with Gasteiger partial charge in [0.1, 0.15) is 6.54 Å². The van der Waals surface area contributed by atoms with Crippen LogP contribution in [-0.2, 0) is 19.5 Å². The van der Waals surface area contributed by atoms with Gasteiger partial charge in [0, 0.05) is 13.0 Å². The van der Waals surface area contributed by atoms with Gasteiger partial charge in [-0.05, 0) is 0 Å². The number of nitrogens with zero attached hydrogens (tertiary/aromatic N) is 5. The molecule has 2 heterocycles. The Balaban J connectivity index is 2.26. The molecule has 96 valence electrons. The highest BCUT2D eigenvalue weighted by Crippen LogP contribution is 2.07. The Labute approximate surface area is 102 Å². The SMILES string of the molecule is CCc1nc(Cn2nnc(C(=O)O)c2CN)no1. The first kappa shape index (κ1) is 12.2. The van der Waals surface area contributed by atoms with Gasteiger partial charge in [-0.3, -0.25) is 0 Å². The van der Waals surface area contributed by atoms with Gasteiger partial charge in [-0.2, -0.15) is 4.98 Å². The summed E-state index contributed by atoms with van der Waals surface area (Å²) >= 11 is 0. The second kappa shape index (κ2) is 4.92. The fourth-order valence-corrected chi connectivity index (χ4v) is 1.46. The maximum Gasteiger partial charge on any atom is 0.358 e. The zero-order valence-electron chi connectivity index (χ0n) is 9.70. The minimum Gasteiger partial charge on any atom is -0.476 e. The van der Waals surface area contributed by atoms with E-state index in [2.05, 4.69) is 20.5 Å². The number of hydrogen-bond acceptors (Lipinski definition) is 7. The van der Waals surface area contributed by atoms with E-state index in [1.165, 1.54) is 4.68 Å². The lowest BCUT2D eigenvalue weighted by atomic mass is 10.3. The fourth-order valence-electron chi connectivity index (χ4n) is 1.46. The molecule has 0 aliphatic rings. The summed E-state index contributed by atoms with van der Waals surface area (Å²) in [5, 5.41) is 19.9. The Kier molecular flexibility index (Phi) is 3.33. The second-order valence-electron chi connectivity index (χ2n) is 3.51. The third kappa shape index (κ3) is 2.20. The predicted molar refractivity (Wildman–Crippen MR) is 57.7 cm³/mol. The predicted octanol–water partition coefficient (Wildman–Crippen LogP) is -0.571. The van der Waals surface area contributed by atoms with Crippen LogP contribution in [0, 0.1) is 0 Å². The van der Waals surface area contributed by atoms with Crippen LogP contribution in [0.5, 0.6) is 0 Å². The van der Waals surface area contributed by atoms with Crippen LogP contribution in [0.15, 0.2) is 4.52 Å². The van der Waals surface area contributed by atoms with Crippen molar-refractivity contribution >= 4 is 5.97 Å². The summed E-state index contributed by atoms with van der Waals surface area (Å²) in [6.45, 7) is 2.09. The average molecular weight is 252 g/mol. The fraction of sp³-hybridized carbons (Fsp3) is 0.444. The van der Waals surface area contributed by atoms with Gasteiger partial charge in [0.2, 0.25) is 5.89 Å². The molecule has 3 N–H and O–H groups in total. The molecule has 0 bridgehead atoms. The summed E-state index contributed by atoms with van der Waals surface area (Å²) in [6, 6.07) is 0. The quantitative estimate of drug-likeness (QED) is 0.722. The van der Waals surface area contributed by atoms with E-state index < -0.39 is 5.97 Å². The first-order valence-electron chi connectivity index (χ1n) is 5.32. The lowest BCUT2D eigenvalue weighted by Gasteiger charge is -2.00. The maximum atomic E-state index is 10.9. The molecule has 0 amide bonds. The molecule has 2 rings (SSSR count). The Morgan fingerprint density at radius 1 is 1.56 bits per heavy atom. The first-order valence-corrected chi connectivity index (χ1v) is 5.32. The topological polar surface area (TPSA) is 133 Å². The Morgan fingerprint density at radius 3 is 2.89 bits per heavy atom. The maximum absolute atomic E-state index is 10.9. The monoisotopic (exact) mass is 252 g/mol. The highest BCUT2D eigenvalue weighted by Gasteiger charge is 2.18. The summed E-state index contributed by atoms with van der Waals surface area (Å²) < 4.78 is 6.30. The van der Waals surface area contributed by atoms with E-state index in [-0.39, 0.29) is 18.8 Å². The van der Waals surface area contributed by atoms with E-state index in [1.54, 1.807) is 0 Å². The highest BCUT2D eigenvalue weighted by atomic mass is 16.5. The number of nitrogens with two attached hydrogens (primary N) is 1. The van der Waals surface area contributed by atoms with Gasteiger partial charge >= 0.3 is 5.97 Å². The summed E-state index contributed by atoms with van der Waals surface area (Å²) in [7, 11) is 0. The molecule has 0 aromatic carbocycles. The molecular formula is C9H12N6O3. The molecule has 0 aliphatic carbocycles. The number of aromatic nitrogens is 5. The molecule has 0 spiro atoms. The van der Waals surface area contributed by atoms with Crippen molar-refractivity contribution in [2.45, 2.75) is 26.4 Å². The average Bonchev–Trinajstić information content (AvgIpc) is 2.95. The summed E-state index contributed by atoms with van der Waals surface area (Å²) in [6.07, 6.45) is 0.633. The van der Waals surface area contributed by atoms with E-state index in [4.69, 9.17) is 15.4 Å². The van der Waals surface area contributed by atoms with Crippen LogP contribution in [0.3, 0.4) is 0 Å². The minimum atomic E-state index is -1.16. The van der Waals surface area contributed by atoms with Crippen molar-refractivity contribution < 1.29 is 14.4 Å². The van der Waals surface area contributed by atoms with Crippen LogP contribution < -0.4 is 5.73 Å². The molecule has 0 aliphatic heterocycles.